The van der Waals surface area contributed by atoms with Crippen molar-refractivity contribution in [3.63, 3.8) is 0 Å². The quantitative estimate of drug-likeness (QED) is 0.754. The minimum absolute atomic E-state index is 0.179. The number of nitrogens with zero attached hydrogens (tertiary/aromatic N) is 1. The number of para-hydroxylation sites is 1. The van der Waals surface area contributed by atoms with Gasteiger partial charge in [0.25, 0.3) is 0 Å². The molecule has 0 unspecified atom stereocenters. The van der Waals surface area contributed by atoms with Crippen LogP contribution in [-0.4, -0.2) is 31.0 Å². The predicted octanol–water partition coefficient (Wildman–Crippen LogP) is 5.03. The second-order valence-electron chi connectivity index (χ2n) is 7.44. The van der Waals surface area contributed by atoms with Crippen molar-refractivity contribution in [1.82, 2.24) is 4.90 Å². The Kier molecular flexibility index (Phi) is 5.57. The zero-order valence-electron chi connectivity index (χ0n) is 15.7. The van der Waals surface area contributed by atoms with Crippen molar-refractivity contribution >= 4 is 17.5 Å². The van der Waals surface area contributed by atoms with E-state index in [0.29, 0.717) is 10.9 Å². The van der Waals surface area contributed by atoms with Crippen LogP contribution in [0.5, 0.6) is 5.75 Å². The lowest BCUT2D eigenvalue weighted by molar-refractivity contribution is -0.137. The average Bonchev–Trinajstić information content (AvgIpc) is 2.68. The van der Waals surface area contributed by atoms with Crippen molar-refractivity contribution in [2.75, 3.05) is 20.2 Å². The van der Waals surface area contributed by atoms with E-state index in [0.717, 1.165) is 37.2 Å². The van der Waals surface area contributed by atoms with E-state index in [-0.39, 0.29) is 5.91 Å². The highest BCUT2D eigenvalue weighted by Gasteiger charge is 2.35. The van der Waals surface area contributed by atoms with Crippen LogP contribution in [0.3, 0.4) is 0 Å². The first kappa shape index (κ1) is 18.8. The van der Waals surface area contributed by atoms with Gasteiger partial charge in [-0.05, 0) is 61.9 Å². The van der Waals surface area contributed by atoms with E-state index in [1.165, 1.54) is 5.56 Å². The van der Waals surface area contributed by atoms with Gasteiger partial charge in [-0.3, -0.25) is 4.79 Å². The maximum atomic E-state index is 13.1. The average molecular weight is 372 g/mol. The number of piperidine rings is 1. The van der Waals surface area contributed by atoms with Crippen LogP contribution in [0.15, 0.2) is 48.5 Å². The van der Waals surface area contributed by atoms with Gasteiger partial charge in [0.15, 0.2) is 0 Å². The number of halogens is 1. The smallest absolute Gasteiger partial charge is 0.232 e. The second-order valence-corrected chi connectivity index (χ2v) is 7.88. The molecular weight excluding hydrogens is 346 g/mol. The van der Waals surface area contributed by atoms with Crippen LogP contribution in [0, 0.1) is 0 Å². The van der Waals surface area contributed by atoms with Crippen LogP contribution < -0.4 is 4.74 Å². The summed E-state index contributed by atoms with van der Waals surface area (Å²) in [6, 6.07) is 15.8. The number of methoxy groups -OCH3 is 1. The van der Waals surface area contributed by atoms with Gasteiger partial charge in [0.1, 0.15) is 5.75 Å². The zero-order valence-corrected chi connectivity index (χ0v) is 16.4. The normalized spacial score (nSPS) is 15.8. The van der Waals surface area contributed by atoms with Gasteiger partial charge >= 0.3 is 0 Å². The van der Waals surface area contributed by atoms with Crippen LogP contribution >= 0.6 is 11.6 Å². The Balaban J connectivity index is 1.69. The van der Waals surface area contributed by atoms with Gasteiger partial charge in [-0.1, -0.05) is 41.9 Å². The number of hydrogen-bond acceptors (Lipinski definition) is 2. The first-order valence-electron chi connectivity index (χ1n) is 9.12. The van der Waals surface area contributed by atoms with Gasteiger partial charge in [0.05, 0.1) is 12.5 Å². The molecule has 0 spiro atoms. The SMILES string of the molecule is COc1ccccc1C1CCN(C(=O)C(C)(C)c2ccc(Cl)cc2)CC1. The Bertz CT molecular complexity index is 762. The highest BCUT2D eigenvalue weighted by molar-refractivity contribution is 6.30. The third kappa shape index (κ3) is 3.73. The third-order valence-electron chi connectivity index (χ3n) is 5.46. The largest absolute Gasteiger partial charge is 0.496 e. The number of ether oxygens (including phenoxy) is 1. The molecule has 1 saturated heterocycles. The molecule has 3 nitrogen and oxygen atoms in total. The van der Waals surface area contributed by atoms with E-state index in [9.17, 15) is 4.79 Å². The molecule has 138 valence electrons. The Labute approximate surface area is 160 Å². The number of benzene rings is 2. The minimum Gasteiger partial charge on any atom is -0.496 e. The number of hydrogen-bond donors (Lipinski definition) is 0. The van der Waals surface area contributed by atoms with Crippen molar-refractivity contribution < 1.29 is 9.53 Å². The lowest BCUT2D eigenvalue weighted by Crippen LogP contribution is -2.46. The second kappa shape index (κ2) is 7.71. The Morgan fingerprint density at radius 1 is 1.08 bits per heavy atom. The van der Waals surface area contributed by atoms with E-state index in [2.05, 4.69) is 12.1 Å². The molecule has 3 rings (SSSR count). The summed E-state index contributed by atoms with van der Waals surface area (Å²) in [7, 11) is 1.71. The molecule has 26 heavy (non-hydrogen) atoms. The molecule has 0 atom stereocenters. The van der Waals surface area contributed by atoms with Crippen molar-refractivity contribution in [1.29, 1.82) is 0 Å². The van der Waals surface area contributed by atoms with E-state index < -0.39 is 5.41 Å². The molecule has 1 aliphatic heterocycles. The minimum atomic E-state index is -0.554. The van der Waals surface area contributed by atoms with Crippen molar-refractivity contribution in [2.45, 2.75) is 38.0 Å². The predicted molar refractivity (Wildman–Crippen MR) is 106 cm³/mol. The maximum absolute atomic E-state index is 13.1. The first-order valence-corrected chi connectivity index (χ1v) is 9.49. The van der Waals surface area contributed by atoms with Gasteiger partial charge in [-0.2, -0.15) is 0 Å². The summed E-state index contributed by atoms with van der Waals surface area (Å²) in [6.45, 7) is 5.53. The van der Waals surface area contributed by atoms with E-state index in [1.807, 2.05) is 55.1 Å². The summed E-state index contributed by atoms with van der Waals surface area (Å²) >= 11 is 5.98. The summed E-state index contributed by atoms with van der Waals surface area (Å²) in [6.07, 6.45) is 1.92. The van der Waals surface area contributed by atoms with E-state index in [1.54, 1.807) is 7.11 Å². The van der Waals surface area contributed by atoms with Crippen LogP contribution in [0.4, 0.5) is 0 Å². The fourth-order valence-electron chi connectivity index (χ4n) is 3.78. The van der Waals surface area contributed by atoms with Crippen LogP contribution in [0.2, 0.25) is 5.02 Å². The van der Waals surface area contributed by atoms with Gasteiger partial charge in [0, 0.05) is 18.1 Å². The van der Waals surface area contributed by atoms with E-state index in [4.69, 9.17) is 16.3 Å². The molecule has 0 radical (unpaired) electrons. The molecular formula is C22H26ClNO2. The molecule has 2 aromatic carbocycles. The number of amides is 1. The first-order chi connectivity index (χ1) is 12.4. The Morgan fingerprint density at radius 2 is 1.69 bits per heavy atom. The van der Waals surface area contributed by atoms with Crippen molar-refractivity contribution in [3.05, 3.63) is 64.7 Å². The zero-order chi connectivity index (χ0) is 18.7. The van der Waals surface area contributed by atoms with Crippen molar-refractivity contribution in [2.24, 2.45) is 0 Å². The lowest BCUT2D eigenvalue weighted by atomic mass is 9.81. The number of carbonyl (C=O) groups excluding carboxylic acids is 1. The fourth-order valence-corrected chi connectivity index (χ4v) is 3.91. The fraction of sp³-hybridized carbons (Fsp3) is 0.409. The summed E-state index contributed by atoms with van der Waals surface area (Å²) in [5, 5.41) is 0.689. The maximum Gasteiger partial charge on any atom is 0.232 e. The topological polar surface area (TPSA) is 29.5 Å². The van der Waals surface area contributed by atoms with E-state index >= 15 is 0 Å². The molecule has 1 amide bonds. The van der Waals surface area contributed by atoms with Gasteiger partial charge in [0.2, 0.25) is 5.91 Å². The Morgan fingerprint density at radius 3 is 2.31 bits per heavy atom. The molecule has 0 bridgehead atoms. The third-order valence-corrected chi connectivity index (χ3v) is 5.71. The highest BCUT2D eigenvalue weighted by Crippen LogP contribution is 2.35. The standard InChI is InChI=1S/C22H26ClNO2/c1-22(2,17-8-10-18(23)11-9-17)21(25)24-14-12-16(13-15-24)19-6-4-5-7-20(19)26-3/h4-11,16H,12-15H2,1-3H3. The van der Waals surface area contributed by atoms with Gasteiger partial charge in [-0.25, -0.2) is 0 Å². The number of carbonyl (C=O) groups is 1. The number of rotatable bonds is 4. The van der Waals surface area contributed by atoms with Crippen molar-refractivity contribution in [3.8, 4) is 5.75 Å². The monoisotopic (exact) mass is 371 g/mol. The molecule has 0 saturated carbocycles. The molecule has 4 heteroatoms. The lowest BCUT2D eigenvalue weighted by Gasteiger charge is -2.37. The molecule has 1 fully saturated rings. The molecule has 0 N–H and O–H groups in total. The summed E-state index contributed by atoms with van der Waals surface area (Å²) < 4.78 is 5.50. The summed E-state index contributed by atoms with van der Waals surface area (Å²) in [5.74, 6) is 1.56. The molecule has 0 aromatic heterocycles. The van der Waals surface area contributed by atoms with Crippen LogP contribution in [0.25, 0.3) is 0 Å². The van der Waals surface area contributed by atoms with Gasteiger partial charge in [-0.15, -0.1) is 0 Å². The molecule has 1 aliphatic rings. The Hall–Kier alpha value is -2.00. The number of likely N-dealkylation sites (tertiary alicyclic amines) is 1. The van der Waals surface area contributed by atoms with Crippen LogP contribution in [-0.2, 0) is 10.2 Å². The summed E-state index contributed by atoms with van der Waals surface area (Å²) in [5.41, 5.74) is 1.69. The molecule has 1 heterocycles. The van der Waals surface area contributed by atoms with Gasteiger partial charge < -0.3 is 9.64 Å². The highest BCUT2D eigenvalue weighted by atomic mass is 35.5. The molecule has 2 aromatic rings. The molecule has 0 aliphatic carbocycles. The van der Waals surface area contributed by atoms with Crippen LogP contribution in [0.1, 0.15) is 43.7 Å². The summed E-state index contributed by atoms with van der Waals surface area (Å²) in [4.78, 5) is 15.1.